The molecule has 2 N–H and O–H groups in total. The van der Waals surface area contributed by atoms with Gasteiger partial charge >= 0.3 is 0 Å². The Balaban J connectivity index is 2.10. The first-order valence-corrected chi connectivity index (χ1v) is 7.72. The van der Waals surface area contributed by atoms with Crippen molar-refractivity contribution < 1.29 is 14.0 Å². The molecule has 1 aromatic rings. The summed E-state index contributed by atoms with van der Waals surface area (Å²) < 4.78 is 13.3. The maximum atomic E-state index is 13.3. The van der Waals surface area contributed by atoms with E-state index in [1.807, 2.05) is 0 Å². The third kappa shape index (κ3) is 3.50. The average Bonchev–Trinajstić information content (AvgIpc) is 2.43. The highest BCUT2D eigenvalue weighted by Crippen LogP contribution is 2.32. The second-order valence-corrected chi connectivity index (χ2v) is 5.92. The largest absolute Gasteiger partial charge is 0.355 e. The van der Waals surface area contributed by atoms with Gasteiger partial charge in [0.25, 0.3) is 0 Å². The van der Waals surface area contributed by atoms with E-state index < -0.39 is 11.7 Å². The summed E-state index contributed by atoms with van der Waals surface area (Å²) in [5, 5.41) is 5.46. The summed E-state index contributed by atoms with van der Waals surface area (Å²) in [6.07, 6.45) is 0.0587. The van der Waals surface area contributed by atoms with E-state index in [9.17, 15) is 14.0 Å². The molecule has 0 radical (unpaired) electrons. The molecule has 1 atom stereocenters. The number of amides is 2. The zero-order valence-corrected chi connectivity index (χ0v) is 12.1. The van der Waals surface area contributed by atoms with Crippen molar-refractivity contribution in [2.24, 2.45) is 0 Å². The molecule has 0 unspecified atom stereocenters. The molecule has 0 spiro atoms. The Morgan fingerprint density at radius 1 is 1.55 bits per heavy atom. The van der Waals surface area contributed by atoms with E-state index >= 15 is 0 Å². The maximum Gasteiger partial charge on any atom is 0.228 e. The lowest BCUT2D eigenvalue weighted by molar-refractivity contribution is -0.126. The molecule has 108 valence electrons. The van der Waals surface area contributed by atoms with Crippen molar-refractivity contribution in [3.63, 3.8) is 0 Å². The molecule has 1 heterocycles. The number of hydrogen-bond acceptors (Lipinski definition) is 3. The number of fused-ring (bicyclic) bond motifs is 1. The summed E-state index contributed by atoms with van der Waals surface area (Å²) in [4.78, 5) is 23.8. The fourth-order valence-electron chi connectivity index (χ4n) is 2.18. The first-order valence-electron chi connectivity index (χ1n) is 6.56. The summed E-state index contributed by atoms with van der Waals surface area (Å²) in [5.74, 6) is 0.378. The van der Waals surface area contributed by atoms with Gasteiger partial charge in [-0.15, -0.1) is 0 Å². The van der Waals surface area contributed by atoms with Crippen LogP contribution in [-0.4, -0.2) is 29.9 Å². The third-order valence-electron chi connectivity index (χ3n) is 3.12. The van der Waals surface area contributed by atoms with Gasteiger partial charge in [0.05, 0.1) is 5.92 Å². The number of hydrogen-bond donors (Lipinski definition) is 2. The van der Waals surface area contributed by atoms with E-state index in [-0.39, 0.29) is 18.2 Å². The Bertz CT molecular complexity index is 522. The van der Waals surface area contributed by atoms with Crippen LogP contribution in [-0.2, 0) is 9.59 Å². The lowest BCUT2D eigenvalue weighted by Crippen LogP contribution is -2.36. The van der Waals surface area contributed by atoms with Gasteiger partial charge in [-0.25, -0.2) is 4.39 Å². The molecule has 1 aromatic carbocycles. The molecule has 0 fully saturated rings. The predicted octanol–water partition coefficient (Wildman–Crippen LogP) is 2.12. The molecule has 2 rings (SSSR count). The first-order chi connectivity index (χ1) is 9.61. The van der Waals surface area contributed by atoms with Gasteiger partial charge in [-0.05, 0) is 29.5 Å². The van der Waals surface area contributed by atoms with Crippen LogP contribution in [0.3, 0.4) is 0 Å². The van der Waals surface area contributed by atoms with Gasteiger partial charge < -0.3 is 10.6 Å². The van der Waals surface area contributed by atoms with Gasteiger partial charge in [-0.3, -0.25) is 9.59 Å². The predicted molar refractivity (Wildman–Crippen MR) is 78.4 cm³/mol. The molecule has 0 aliphatic carbocycles. The summed E-state index contributed by atoms with van der Waals surface area (Å²) in [6.45, 7) is 2.61. The Kier molecular flexibility index (Phi) is 5.00. The number of rotatable bonds is 5. The van der Waals surface area contributed by atoms with Gasteiger partial charge in [0, 0.05) is 24.4 Å². The van der Waals surface area contributed by atoms with Crippen molar-refractivity contribution >= 4 is 29.3 Å². The van der Waals surface area contributed by atoms with Crippen LogP contribution in [0.4, 0.5) is 10.1 Å². The highest BCUT2D eigenvalue weighted by molar-refractivity contribution is 7.99. The molecule has 0 saturated heterocycles. The summed E-state index contributed by atoms with van der Waals surface area (Å²) in [5.41, 5.74) is 1.07. The summed E-state index contributed by atoms with van der Waals surface area (Å²) in [7, 11) is 0. The number of benzene rings is 1. The van der Waals surface area contributed by atoms with Crippen molar-refractivity contribution in [2.75, 3.05) is 23.4 Å². The van der Waals surface area contributed by atoms with Gasteiger partial charge in [-0.1, -0.05) is 6.92 Å². The van der Waals surface area contributed by atoms with Crippen LogP contribution in [0.1, 0.15) is 24.8 Å². The zero-order valence-electron chi connectivity index (χ0n) is 11.2. The molecule has 20 heavy (non-hydrogen) atoms. The van der Waals surface area contributed by atoms with E-state index in [0.717, 1.165) is 11.5 Å². The molecule has 1 aliphatic rings. The van der Waals surface area contributed by atoms with Gasteiger partial charge in [0.2, 0.25) is 11.8 Å². The van der Waals surface area contributed by atoms with E-state index in [2.05, 4.69) is 17.6 Å². The minimum Gasteiger partial charge on any atom is -0.355 e. The molecule has 4 nitrogen and oxygen atoms in total. The highest BCUT2D eigenvalue weighted by atomic mass is 32.2. The number of anilines is 1. The van der Waals surface area contributed by atoms with E-state index in [1.165, 1.54) is 18.2 Å². The molecular formula is C14H17FN2O2S. The van der Waals surface area contributed by atoms with E-state index in [4.69, 9.17) is 0 Å². The molecule has 1 aliphatic heterocycles. The van der Waals surface area contributed by atoms with Crippen LogP contribution in [0.25, 0.3) is 0 Å². The maximum absolute atomic E-state index is 13.3. The number of halogens is 1. The second-order valence-electron chi connectivity index (χ2n) is 4.52. The molecule has 0 saturated carbocycles. The van der Waals surface area contributed by atoms with Crippen molar-refractivity contribution in [2.45, 2.75) is 19.3 Å². The van der Waals surface area contributed by atoms with Gasteiger partial charge in [0.15, 0.2) is 0 Å². The second kappa shape index (κ2) is 6.74. The Morgan fingerprint density at radius 2 is 2.35 bits per heavy atom. The summed E-state index contributed by atoms with van der Waals surface area (Å²) in [6, 6.07) is 4.09. The molecular weight excluding hydrogens is 279 g/mol. The number of nitrogens with one attached hydrogen (secondary N) is 2. The normalized spacial score (nSPS) is 17.3. The minimum absolute atomic E-state index is 0.0587. The quantitative estimate of drug-likeness (QED) is 0.818. The Morgan fingerprint density at radius 3 is 3.10 bits per heavy atom. The Hall–Kier alpha value is -1.56. The lowest BCUT2D eigenvalue weighted by atomic mass is 9.89. The van der Waals surface area contributed by atoms with E-state index in [1.54, 1.807) is 11.8 Å². The van der Waals surface area contributed by atoms with Gasteiger partial charge in [0.1, 0.15) is 5.82 Å². The third-order valence-corrected chi connectivity index (χ3v) is 4.02. The van der Waals surface area contributed by atoms with Crippen LogP contribution in [0.5, 0.6) is 0 Å². The number of carbonyl (C=O) groups is 2. The lowest BCUT2D eigenvalue weighted by Gasteiger charge is -2.24. The topological polar surface area (TPSA) is 58.2 Å². The fraction of sp³-hybridized carbons (Fsp3) is 0.429. The van der Waals surface area contributed by atoms with Crippen LogP contribution in [0, 0.1) is 5.82 Å². The van der Waals surface area contributed by atoms with Crippen LogP contribution in [0.2, 0.25) is 0 Å². The van der Waals surface area contributed by atoms with Crippen molar-refractivity contribution in [3.05, 3.63) is 29.6 Å². The average molecular weight is 296 g/mol. The minimum atomic E-state index is -0.610. The Labute approximate surface area is 121 Å². The van der Waals surface area contributed by atoms with Crippen LogP contribution < -0.4 is 10.6 Å². The fourth-order valence-corrected chi connectivity index (χ4v) is 2.72. The van der Waals surface area contributed by atoms with E-state index in [0.29, 0.717) is 17.8 Å². The monoisotopic (exact) mass is 296 g/mol. The smallest absolute Gasteiger partial charge is 0.228 e. The molecule has 0 bridgehead atoms. The first kappa shape index (κ1) is 14.8. The molecule has 0 aromatic heterocycles. The molecule has 2 amide bonds. The summed E-state index contributed by atoms with van der Waals surface area (Å²) >= 11 is 1.73. The highest BCUT2D eigenvalue weighted by Gasteiger charge is 2.30. The van der Waals surface area contributed by atoms with Gasteiger partial charge in [-0.2, -0.15) is 11.8 Å². The van der Waals surface area contributed by atoms with Crippen LogP contribution in [0.15, 0.2) is 18.2 Å². The van der Waals surface area contributed by atoms with Crippen molar-refractivity contribution in [3.8, 4) is 0 Å². The van der Waals surface area contributed by atoms with Crippen molar-refractivity contribution in [1.82, 2.24) is 5.32 Å². The SMILES string of the molecule is CCSCCNC(=O)[C@@H]1CC(=O)Nc2ccc(F)cc21. The standard InChI is InChI=1S/C14H17FN2O2S/c1-2-20-6-5-16-14(19)11-8-13(18)17-12-4-3-9(15)7-10(11)12/h3-4,7,11H,2,5-6,8H2,1H3,(H,16,19)(H,17,18)/t11-/m1/s1. The van der Waals surface area contributed by atoms with Crippen molar-refractivity contribution in [1.29, 1.82) is 0 Å². The number of thioether (sulfide) groups is 1. The zero-order chi connectivity index (χ0) is 14.5. The van der Waals surface area contributed by atoms with Crippen LogP contribution >= 0.6 is 11.8 Å². The molecule has 6 heteroatoms. The number of carbonyl (C=O) groups excluding carboxylic acids is 2.